The minimum absolute atomic E-state index is 0.275. The van der Waals surface area contributed by atoms with Crippen LogP contribution < -0.4 is 4.74 Å². The van der Waals surface area contributed by atoms with Gasteiger partial charge in [-0.2, -0.15) is 13.2 Å². The lowest BCUT2D eigenvalue weighted by Gasteiger charge is -2.33. The third-order valence-electron chi connectivity index (χ3n) is 3.93. The van der Waals surface area contributed by atoms with Crippen molar-refractivity contribution in [2.45, 2.75) is 13.1 Å². The molecule has 1 heterocycles. The maximum atomic E-state index is 12.6. The van der Waals surface area contributed by atoms with Crippen LogP contribution in [0.1, 0.15) is 12.5 Å². The zero-order chi connectivity index (χ0) is 20.4. The summed E-state index contributed by atoms with van der Waals surface area (Å²) in [6.07, 6.45) is -4.32. The highest BCUT2D eigenvalue weighted by Crippen LogP contribution is 2.31. The molecule has 152 valence electrons. The summed E-state index contributed by atoms with van der Waals surface area (Å²) in [7, 11) is 0. The summed E-state index contributed by atoms with van der Waals surface area (Å²) in [5, 5.41) is 14.8. The minimum Gasteiger partial charge on any atom is -0.492 e. The van der Waals surface area contributed by atoms with Gasteiger partial charge in [0, 0.05) is 32.7 Å². The van der Waals surface area contributed by atoms with Gasteiger partial charge < -0.3 is 19.8 Å². The largest absolute Gasteiger partial charge is 0.492 e. The predicted molar refractivity (Wildman–Crippen MR) is 90.8 cm³/mol. The highest BCUT2D eigenvalue weighted by molar-refractivity contribution is 6.27. The fourth-order valence-corrected chi connectivity index (χ4v) is 2.38. The Hall–Kier alpha value is -2.33. The molecule has 1 aromatic carbocycles. The maximum Gasteiger partial charge on any atom is 0.416 e. The fraction of sp³-hybridized carbons (Fsp3) is 0.529. The lowest BCUT2D eigenvalue weighted by atomic mass is 10.2. The molecule has 0 aliphatic carbocycles. The van der Waals surface area contributed by atoms with E-state index in [0.717, 1.165) is 51.4 Å². The Morgan fingerprint density at radius 2 is 1.63 bits per heavy atom. The van der Waals surface area contributed by atoms with Crippen LogP contribution in [0.3, 0.4) is 0 Å². The third-order valence-corrected chi connectivity index (χ3v) is 3.93. The topological polar surface area (TPSA) is 90.3 Å². The number of ether oxygens (including phenoxy) is 1. The minimum atomic E-state index is -4.32. The first-order valence-electron chi connectivity index (χ1n) is 8.34. The maximum absolute atomic E-state index is 12.6. The van der Waals surface area contributed by atoms with Crippen molar-refractivity contribution >= 4 is 11.9 Å². The highest BCUT2D eigenvalue weighted by Gasteiger charge is 2.30. The Morgan fingerprint density at radius 1 is 1.07 bits per heavy atom. The van der Waals surface area contributed by atoms with Gasteiger partial charge in [-0.15, -0.1) is 0 Å². The van der Waals surface area contributed by atoms with Crippen LogP contribution in [0.5, 0.6) is 5.75 Å². The first-order chi connectivity index (χ1) is 12.6. The first-order valence-corrected chi connectivity index (χ1v) is 8.34. The molecule has 1 fully saturated rings. The highest BCUT2D eigenvalue weighted by atomic mass is 19.4. The molecule has 0 unspecified atom stereocenters. The number of benzene rings is 1. The van der Waals surface area contributed by atoms with Gasteiger partial charge in [0.05, 0.1) is 5.56 Å². The number of aliphatic carboxylic acids is 2. The standard InChI is InChI=1S/C15H21F3N2O.C2H2O4/c1-2-19-6-8-20(9-7-19)10-11-21-14-5-3-4-13(12-14)15(16,17)18;3-1(4)2(5)6/h3-5,12H,2,6-11H2,1H3;(H,3,4)(H,5,6). The van der Waals surface area contributed by atoms with Crippen LogP contribution in [0.25, 0.3) is 0 Å². The van der Waals surface area contributed by atoms with E-state index in [1.807, 2.05) is 0 Å². The van der Waals surface area contributed by atoms with E-state index in [1.54, 1.807) is 6.07 Å². The molecule has 0 spiro atoms. The quantitative estimate of drug-likeness (QED) is 0.740. The average Bonchev–Trinajstić information content (AvgIpc) is 2.62. The predicted octanol–water partition coefficient (Wildman–Crippen LogP) is 1.88. The van der Waals surface area contributed by atoms with Crippen molar-refractivity contribution in [1.82, 2.24) is 9.80 Å². The summed E-state index contributed by atoms with van der Waals surface area (Å²) in [4.78, 5) is 22.9. The molecule has 10 heteroatoms. The Balaban J connectivity index is 0.000000527. The van der Waals surface area contributed by atoms with Gasteiger partial charge in [-0.05, 0) is 24.7 Å². The second-order valence-electron chi connectivity index (χ2n) is 5.76. The Morgan fingerprint density at radius 3 is 2.11 bits per heavy atom. The molecule has 0 amide bonds. The molecule has 27 heavy (non-hydrogen) atoms. The molecule has 7 nitrogen and oxygen atoms in total. The van der Waals surface area contributed by atoms with E-state index in [1.165, 1.54) is 6.07 Å². The van der Waals surface area contributed by atoms with Gasteiger partial charge in [0.2, 0.25) is 0 Å². The van der Waals surface area contributed by atoms with E-state index in [0.29, 0.717) is 6.61 Å². The molecular weight excluding hydrogens is 369 g/mol. The second-order valence-corrected chi connectivity index (χ2v) is 5.76. The van der Waals surface area contributed by atoms with Crippen LogP contribution in [0.2, 0.25) is 0 Å². The number of carboxylic acid groups (broad SMARTS) is 2. The van der Waals surface area contributed by atoms with Crippen LogP contribution in [0.15, 0.2) is 24.3 Å². The SMILES string of the molecule is CCN1CCN(CCOc2cccc(C(F)(F)F)c2)CC1.O=C(O)C(=O)O. The van der Waals surface area contributed by atoms with Crippen molar-refractivity contribution < 1.29 is 37.7 Å². The summed E-state index contributed by atoms with van der Waals surface area (Å²) >= 11 is 0. The number of halogens is 3. The molecular formula is C17H23F3N2O5. The molecule has 0 saturated carbocycles. The van der Waals surface area contributed by atoms with E-state index < -0.39 is 23.7 Å². The van der Waals surface area contributed by atoms with Crippen LogP contribution >= 0.6 is 0 Å². The summed E-state index contributed by atoms with van der Waals surface area (Å²) in [5.41, 5.74) is -0.670. The zero-order valence-corrected chi connectivity index (χ0v) is 14.9. The second kappa shape index (κ2) is 10.7. The molecule has 0 aromatic heterocycles. The Labute approximate surface area is 154 Å². The number of carbonyl (C=O) groups is 2. The lowest BCUT2D eigenvalue weighted by molar-refractivity contribution is -0.159. The van der Waals surface area contributed by atoms with Crippen molar-refractivity contribution in [3.05, 3.63) is 29.8 Å². The molecule has 2 rings (SSSR count). The smallest absolute Gasteiger partial charge is 0.416 e. The lowest BCUT2D eigenvalue weighted by Crippen LogP contribution is -2.47. The Bertz CT molecular complexity index is 605. The molecule has 0 atom stereocenters. The van der Waals surface area contributed by atoms with Crippen molar-refractivity contribution in [2.24, 2.45) is 0 Å². The van der Waals surface area contributed by atoms with Gasteiger partial charge in [-0.3, -0.25) is 4.90 Å². The normalized spacial score (nSPS) is 15.6. The number of likely N-dealkylation sites (N-methyl/N-ethyl adjacent to an activating group) is 1. The van der Waals surface area contributed by atoms with Crippen molar-refractivity contribution in [3.8, 4) is 5.75 Å². The van der Waals surface area contributed by atoms with Gasteiger partial charge in [0.25, 0.3) is 0 Å². The molecule has 0 bridgehead atoms. The summed E-state index contributed by atoms with van der Waals surface area (Å²) in [6, 6.07) is 5.04. The van der Waals surface area contributed by atoms with Gasteiger partial charge in [-0.1, -0.05) is 13.0 Å². The van der Waals surface area contributed by atoms with E-state index in [2.05, 4.69) is 16.7 Å². The fourth-order valence-electron chi connectivity index (χ4n) is 2.38. The number of alkyl halides is 3. The molecule has 1 aromatic rings. The average molecular weight is 392 g/mol. The molecule has 1 saturated heterocycles. The monoisotopic (exact) mass is 392 g/mol. The Kier molecular flexibility index (Phi) is 9.03. The zero-order valence-electron chi connectivity index (χ0n) is 14.9. The van der Waals surface area contributed by atoms with Crippen LogP contribution in [-0.2, 0) is 15.8 Å². The number of rotatable bonds is 5. The summed E-state index contributed by atoms with van der Waals surface area (Å²) in [5.74, 6) is -3.37. The number of nitrogens with zero attached hydrogens (tertiary/aromatic N) is 2. The van der Waals surface area contributed by atoms with Crippen LogP contribution in [0.4, 0.5) is 13.2 Å². The molecule has 1 aliphatic heterocycles. The van der Waals surface area contributed by atoms with E-state index in [4.69, 9.17) is 24.5 Å². The van der Waals surface area contributed by atoms with Crippen molar-refractivity contribution in [2.75, 3.05) is 45.9 Å². The van der Waals surface area contributed by atoms with Crippen LogP contribution in [-0.4, -0.2) is 77.8 Å². The number of hydrogen-bond donors (Lipinski definition) is 2. The molecule has 1 aliphatic rings. The molecule has 2 N–H and O–H groups in total. The van der Waals surface area contributed by atoms with Gasteiger partial charge in [0.1, 0.15) is 12.4 Å². The molecule has 0 radical (unpaired) electrons. The van der Waals surface area contributed by atoms with Crippen molar-refractivity contribution in [1.29, 1.82) is 0 Å². The van der Waals surface area contributed by atoms with Gasteiger partial charge >= 0.3 is 18.1 Å². The van der Waals surface area contributed by atoms with E-state index in [-0.39, 0.29) is 5.75 Å². The van der Waals surface area contributed by atoms with Gasteiger partial charge in [0.15, 0.2) is 0 Å². The third kappa shape index (κ3) is 8.74. The van der Waals surface area contributed by atoms with Crippen molar-refractivity contribution in [3.63, 3.8) is 0 Å². The number of hydrogen-bond acceptors (Lipinski definition) is 5. The first kappa shape index (κ1) is 22.7. The van der Waals surface area contributed by atoms with Gasteiger partial charge in [-0.25, -0.2) is 9.59 Å². The van der Waals surface area contributed by atoms with E-state index >= 15 is 0 Å². The van der Waals surface area contributed by atoms with Crippen LogP contribution in [0, 0.1) is 0 Å². The summed E-state index contributed by atoms with van der Waals surface area (Å²) in [6.45, 7) is 8.42. The number of carboxylic acids is 2. The summed E-state index contributed by atoms with van der Waals surface area (Å²) < 4.78 is 43.2. The number of piperazine rings is 1. The van der Waals surface area contributed by atoms with E-state index in [9.17, 15) is 13.2 Å².